The van der Waals surface area contributed by atoms with Crippen LogP contribution in [0.2, 0.25) is 0 Å². The first-order valence-corrected chi connectivity index (χ1v) is 8.28. The quantitative estimate of drug-likeness (QED) is 0.609. The van der Waals surface area contributed by atoms with E-state index in [0.29, 0.717) is 12.2 Å². The Balaban J connectivity index is 1.60. The molecule has 1 amide bonds. The molecule has 4 aromatic rings. The van der Waals surface area contributed by atoms with Gasteiger partial charge in [0.05, 0.1) is 0 Å². The number of fused-ring (bicyclic) bond motifs is 2. The summed E-state index contributed by atoms with van der Waals surface area (Å²) in [6, 6.07) is 17.9. The summed E-state index contributed by atoms with van der Waals surface area (Å²) in [5.41, 5.74) is 1.61. The Morgan fingerprint density at radius 1 is 1.00 bits per heavy atom. The van der Waals surface area contributed by atoms with Gasteiger partial charge in [-0.3, -0.25) is 9.78 Å². The van der Waals surface area contributed by atoms with Crippen molar-refractivity contribution in [1.82, 2.24) is 10.3 Å². The molecule has 0 saturated carbocycles. The minimum absolute atomic E-state index is 0.142. The third kappa shape index (κ3) is 2.58. The van der Waals surface area contributed by atoms with E-state index in [2.05, 4.69) is 27.8 Å². The summed E-state index contributed by atoms with van der Waals surface area (Å²) in [6.45, 7) is 0.508. The second kappa shape index (κ2) is 5.82. The summed E-state index contributed by atoms with van der Waals surface area (Å²) in [5.74, 6) is -0.142. The van der Waals surface area contributed by atoms with Crippen molar-refractivity contribution in [3.8, 4) is 0 Å². The van der Waals surface area contributed by atoms with Crippen LogP contribution >= 0.6 is 11.3 Å². The number of aromatic nitrogens is 1. The third-order valence-corrected chi connectivity index (χ3v) is 4.90. The third-order valence-electron chi connectivity index (χ3n) is 3.89. The number of hydrogen-bond donors (Lipinski definition) is 1. The molecule has 2 heterocycles. The van der Waals surface area contributed by atoms with Crippen molar-refractivity contribution in [1.29, 1.82) is 0 Å². The fourth-order valence-corrected chi connectivity index (χ4v) is 3.69. The topological polar surface area (TPSA) is 42.0 Å². The van der Waals surface area contributed by atoms with E-state index in [-0.39, 0.29) is 5.91 Å². The van der Waals surface area contributed by atoms with Gasteiger partial charge in [0.2, 0.25) is 0 Å². The molecule has 0 bridgehead atoms. The van der Waals surface area contributed by atoms with Gasteiger partial charge < -0.3 is 5.32 Å². The van der Waals surface area contributed by atoms with Crippen molar-refractivity contribution in [2.24, 2.45) is 0 Å². The molecule has 0 spiro atoms. The maximum atomic E-state index is 12.5. The lowest BCUT2D eigenvalue weighted by Gasteiger charge is -2.07. The Hall–Kier alpha value is -2.72. The number of nitrogens with one attached hydrogen (secondary N) is 1. The molecular weight excluding hydrogens is 304 g/mol. The summed E-state index contributed by atoms with van der Waals surface area (Å²) in [4.78, 5) is 16.8. The Labute approximate surface area is 137 Å². The molecule has 1 N–H and O–H groups in total. The molecule has 0 unspecified atom stereocenters. The van der Waals surface area contributed by atoms with Gasteiger partial charge >= 0.3 is 0 Å². The lowest BCUT2D eigenvalue weighted by molar-refractivity contribution is 0.0948. The molecule has 0 fully saturated rings. The van der Waals surface area contributed by atoms with Crippen molar-refractivity contribution in [2.45, 2.75) is 6.54 Å². The standard InChI is InChI=1S/C19H14N2OS/c22-19(18-16-7-2-1-5-13(16)9-10-20-18)21-11-14-12-23-17-8-4-3-6-15(14)17/h1-10,12H,11H2,(H,21,22). The highest BCUT2D eigenvalue weighted by atomic mass is 32.1. The minimum Gasteiger partial charge on any atom is -0.347 e. The number of thiophene rings is 1. The summed E-state index contributed by atoms with van der Waals surface area (Å²) >= 11 is 1.70. The number of amides is 1. The van der Waals surface area contributed by atoms with Gasteiger partial charge in [-0.2, -0.15) is 0 Å². The van der Waals surface area contributed by atoms with Crippen LogP contribution in [0.1, 0.15) is 16.1 Å². The predicted octanol–water partition coefficient (Wildman–Crippen LogP) is 4.38. The van der Waals surface area contributed by atoms with Crippen molar-refractivity contribution in [3.63, 3.8) is 0 Å². The van der Waals surface area contributed by atoms with E-state index in [9.17, 15) is 4.79 Å². The SMILES string of the molecule is O=C(NCc1csc2ccccc12)c1nccc2ccccc12. The molecule has 3 nitrogen and oxygen atoms in total. The maximum Gasteiger partial charge on any atom is 0.270 e. The van der Waals surface area contributed by atoms with Gasteiger partial charge in [-0.1, -0.05) is 42.5 Å². The van der Waals surface area contributed by atoms with Crippen LogP contribution in [-0.2, 0) is 6.54 Å². The zero-order valence-electron chi connectivity index (χ0n) is 12.3. The first kappa shape index (κ1) is 13.9. The van der Waals surface area contributed by atoms with E-state index in [0.717, 1.165) is 16.3 Å². The highest BCUT2D eigenvalue weighted by molar-refractivity contribution is 7.17. The van der Waals surface area contributed by atoms with Crippen LogP contribution < -0.4 is 5.32 Å². The van der Waals surface area contributed by atoms with Crippen LogP contribution in [0.3, 0.4) is 0 Å². The molecule has 0 aliphatic rings. The predicted molar refractivity (Wildman–Crippen MR) is 94.7 cm³/mol. The Morgan fingerprint density at radius 3 is 2.70 bits per heavy atom. The number of nitrogens with zero attached hydrogens (tertiary/aromatic N) is 1. The number of carbonyl (C=O) groups excluding carboxylic acids is 1. The van der Waals surface area contributed by atoms with Crippen LogP contribution in [0.4, 0.5) is 0 Å². The summed E-state index contributed by atoms with van der Waals surface area (Å²) in [7, 11) is 0. The zero-order valence-corrected chi connectivity index (χ0v) is 13.1. The lowest BCUT2D eigenvalue weighted by Crippen LogP contribution is -2.23. The number of rotatable bonds is 3. The highest BCUT2D eigenvalue weighted by Crippen LogP contribution is 2.25. The van der Waals surface area contributed by atoms with Gasteiger partial charge in [-0.15, -0.1) is 11.3 Å². The van der Waals surface area contributed by atoms with Crippen LogP contribution in [0, 0.1) is 0 Å². The minimum atomic E-state index is -0.142. The van der Waals surface area contributed by atoms with Crippen molar-refractivity contribution in [2.75, 3.05) is 0 Å². The molecule has 0 radical (unpaired) electrons. The van der Waals surface area contributed by atoms with E-state index < -0.39 is 0 Å². The van der Waals surface area contributed by atoms with E-state index >= 15 is 0 Å². The van der Waals surface area contributed by atoms with Crippen molar-refractivity contribution >= 4 is 38.1 Å². The molecule has 0 saturated heterocycles. The molecule has 2 aromatic heterocycles. The molecule has 0 aliphatic carbocycles. The van der Waals surface area contributed by atoms with Crippen LogP contribution in [-0.4, -0.2) is 10.9 Å². The molecular formula is C19H14N2OS. The van der Waals surface area contributed by atoms with E-state index in [1.165, 1.54) is 10.1 Å². The van der Waals surface area contributed by atoms with Gasteiger partial charge in [0.15, 0.2) is 0 Å². The number of carbonyl (C=O) groups is 1. The van der Waals surface area contributed by atoms with Crippen molar-refractivity contribution < 1.29 is 4.79 Å². The van der Waals surface area contributed by atoms with Gasteiger partial charge in [0, 0.05) is 22.8 Å². The average molecular weight is 318 g/mol. The van der Waals surface area contributed by atoms with E-state index in [4.69, 9.17) is 0 Å². The van der Waals surface area contributed by atoms with Gasteiger partial charge in [0.25, 0.3) is 5.91 Å². The van der Waals surface area contributed by atoms with Gasteiger partial charge in [-0.05, 0) is 33.8 Å². The molecule has 112 valence electrons. The summed E-state index contributed by atoms with van der Waals surface area (Å²) in [5, 5.41) is 8.19. The molecule has 4 heteroatoms. The summed E-state index contributed by atoms with van der Waals surface area (Å²) in [6.07, 6.45) is 1.68. The van der Waals surface area contributed by atoms with Crippen LogP contribution in [0.15, 0.2) is 66.2 Å². The monoisotopic (exact) mass is 318 g/mol. The lowest BCUT2D eigenvalue weighted by atomic mass is 10.1. The first-order valence-electron chi connectivity index (χ1n) is 7.40. The van der Waals surface area contributed by atoms with Gasteiger partial charge in [0.1, 0.15) is 5.69 Å². The number of pyridine rings is 1. The van der Waals surface area contributed by atoms with Crippen LogP contribution in [0.25, 0.3) is 20.9 Å². The van der Waals surface area contributed by atoms with Crippen LogP contribution in [0.5, 0.6) is 0 Å². The van der Waals surface area contributed by atoms with E-state index in [1.807, 2.05) is 42.5 Å². The molecule has 0 atom stereocenters. The Morgan fingerprint density at radius 2 is 1.78 bits per heavy atom. The molecule has 23 heavy (non-hydrogen) atoms. The Kier molecular flexibility index (Phi) is 3.52. The first-order chi connectivity index (χ1) is 11.3. The van der Waals surface area contributed by atoms with Gasteiger partial charge in [-0.25, -0.2) is 0 Å². The fourth-order valence-electron chi connectivity index (χ4n) is 2.73. The Bertz CT molecular complexity index is 1000. The average Bonchev–Trinajstić information content (AvgIpc) is 3.02. The highest BCUT2D eigenvalue weighted by Gasteiger charge is 2.12. The maximum absolute atomic E-state index is 12.5. The number of hydrogen-bond acceptors (Lipinski definition) is 3. The normalized spacial score (nSPS) is 11.0. The van der Waals surface area contributed by atoms with E-state index in [1.54, 1.807) is 17.5 Å². The molecule has 0 aliphatic heterocycles. The smallest absolute Gasteiger partial charge is 0.270 e. The fraction of sp³-hybridized carbons (Fsp3) is 0.0526. The second-order valence-electron chi connectivity index (χ2n) is 5.32. The second-order valence-corrected chi connectivity index (χ2v) is 6.23. The molecule has 2 aromatic carbocycles. The summed E-state index contributed by atoms with van der Waals surface area (Å²) < 4.78 is 1.24. The molecule has 4 rings (SSSR count). The zero-order chi connectivity index (χ0) is 15.6. The number of benzene rings is 2. The largest absolute Gasteiger partial charge is 0.347 e. The van der Waals surface area contributed by atoms with Crippen molar-refractivity contribution in [3.05, 3.63) is 77.4 Å².